The molecule has 0 radical (unpaired) electrons. The second kappa shape index (κ2) is 12.5. The number of hydrogen-bond acceptors (Lipinski definition) is 6. The van der Waals surface area contributed by atoms with E-state index in [0.717, 1.165) is 16.8 Å². The lowest BCUT2D eigenvalue weighted by molar-refractivity contribution is 0.104. The third-order valence-corrected chi connectivity index (χ3v) is 7.21. The van der Waals surface area contributed by atoms with Gasteiger partial charge in [0.05, 0.1) is 24.4 Å². The van der Waals surface area contributed by atoms with Gasteiger partial charge >= 0.3 is 0 Å². The van der Waals surface area contributed by atoms with Gasteiger partial charge in [0, 0.05) is 29.1 Å². The standard InChI is InChI=1S/C30H26F2N4O2S/c1-4-36-19(2)25(17-34-36)27(37)12-10-20-11-13-28(38-3)22(14-20)18-39-30-24(16-33)23(15-26(35-30)29(31)32)21-8-6-5-7-9-21/h5-15,17,29H,4,18H2,1-3H3/b12-10+. The summed E-state index contributed by atoms with van der Waals surface area (Å²) in [5.74, 6) is 0.751. The zero-order chi connectivity index (χ0) is 27.9. The molecular formula is C30H26F2N4O2S. The molecule has 2 aromatic heterocycles. The molecule has 0 N–H and O–H groups in total. The number of thioether (sulfide) groups is 1. The van der Waals surface area contributed by atoms with Crippen LogP contribution in [0.2, 0.25) is 0 Å². The van der Waals surface area contributed by atoms with Crippen molar-refractivity contribution in [3.05, 3.63) is 101 Å². The van der Waals surface area contributed by atoms with Crippen LogP contribution in [0.1, 0.15) is 51.8 Å². The number of aromatic nitrogens is 3. The van der Waals surface area contributed by atoms with Crippen LogP contribution in [-0.2, 0) is 12.3 Å². The van der Waals surface area contributed by atoms with Crippen LogP contribution in [0.5, 0.6) is 5.75 Å². The first-order valence-electron chi connectivity index (χ1n) is 12.2. The van der Waals surface area contributed by atoms with Crippen molar-refractivity contribution in [2.75, 3.05) is 7.11 Å². The molecule has 39 heavy (non-hydrogen) atoms. The molecule has 0 spiro atoms. The molecule has 0 bridgehead atoms. The number of hydrogen-bond donors (Lipinski definition) is 0. The van der Waals surface area contributed by atoms with Crippen molar-refractivity contribution in [2.24, 2.45) is 0 Å². The first kappa shape index (κ1) is 27.7. The molecule has 2 aromatic carbocycles. The van der Waals surface area contributed by atoms with E-state index >= 15 is 0 Å². The number of ether oxygens (including phenoxy) is 1. The van der Waals surface area contributed by atoms with Crippen molar-refractivity contribution in [1.29, 1.82) is 5.26 Å². The summed E-state index contributed by atoms with van der Waals surface area (Å²) in [6, 6.07) is 17.8. The summed E-state index contributed by atoms with van der Waals surface area (Å²) in [5, 5.41) is 14.4. The first-order chi connectivity index (χ1) is 18.9. The summed E-state index contributed by atoms with van der Waals surface area (Å²) in [6.07, 6.45) is 1.99. The number of allylic oxidation sites excluding steroid dienone is 1. The number of rotatable bonds is 10. The number of pyridine rings is 1. The van der Waals surface area contributed by atoms with Gasteiger partial charge in [0.25, 0.3) is 6.43 Å². The molecule has 4 aromatic rings. The summed E-state index contributed by atoms with van der Waals surface area (Å²) in [7, 11) is 1.54. The van der Waals surface area contributed by atoms with Crippen molar-refractivity contribution in [3.63, 3.8) is 0 Å². The number of ketones is 1. The van der Waals surface area contributed by atoms with Crippen LogP contribution in [0, 0.1) is 18.3 Å². The van der Waals surface area contributed by atoms with Crippen LogP contribution < -0.4 is 4.74 Å². The van der Waals surface area contributed by atoms with Crippen LogP contribution >= 0.6 is 11.8 Å². The smallest absolute Gasteiger partial charge is 0.280 e. The number of nitrogens with zero attached hydrogens (tertiary/aromatic N) is 4. The Morgan fingerprint density at radius 1 is 1.21 bits per heavy atom. The number of methoxy groups -OCH3 is 1. The molecule has 0 unspecified atom stereocenters. The SMILES string of the molecule is CCn1ncc(C(=O)/C=C/c2ccc(OC)c(CSc3nc(C(F)F)cc(-c4ccccc4)c3C#N)c2)c1C. The van der Waals surface area contributed by atoms with E-state index in [1.165, 1.54) is 23.9 Å². The van der Waals surface area contributed by atoms with Gasteiger partial charge in [-0.05, 0) is 49.2 Å². The summed E-state index contributed by atoms with van der Waals surface area (Å²) >= 11 is 1.18. The number of aryl methyl sites for hydroxylation is 1. The molecule has 0 aliphatic carbocycles. The molecular weight excluding hydrogens is 518 g/mol. The van der Waals surface area contributed by atoms with Gasteiger partial charge < -0.3 is 4.74 Å². The van der Waals surface area contributed by atoms with Crippen LogP contribution in [0.3, 0.4) is 0 Å². The minimum absolute atomic E-state index is 0.154. The van der Waals surface area contributed by atoms with Gasteiger partial charge in [0.1, 0.15) is 22.5 Å². The number of nitriles is 1. The van der Waals surface area contributed by atoms with E-state index in [1.54, 1.807) is 54.4 Å². The third kappa shape index (κ3) is 6.24. The van der Waals surface area contributed by atoms with Gasteiger partial charge in [-0.25, -0.2) is 13.8 Å². The quantitative estimate of drug-likeness (QED) is 0.119. The highest BCUT2D eigenvalue weighted by molar-refractivity contribution is 7.98. The Hall–Kier alpha value is -4.29. The Morgan fingerprint density at radius 3 is 2.62 bits per heavy atom. The molecule has 0 aliphatic rings. The largest absolute Gasteiger partial charge is 0.496 e. The highest BCUT2D eigenvalue weighted by Crippen LogP contribution is 2.36. The highest BCUT2D eigenvalue weighted by atomic mass is 32.2. The predicted molar refractivity (Wildman–Crippen MR) is 148 cm³/mol. The monoisotopic (exact) mass is 544 g/mol. The number of carbonyl (C=O) groups is 1. The van der Waals surface area contributed by atoms with Crippen LogP contribution in [0.25, 0.3) is 17.2 Å². The van der Waals surface area contributed by atoms with E-state index < -0.39 is 6.43 Å². The van der Waals surface area contributed by atoms with E-state index in [-0.39, 0.29) is 22.1 Å². The second-order valence-electron chi connectivity index (χ2n) is 8.57. The molecule has 6 nitrogen and oxygen atoms in total. The fraction of sp³-hybridized carbons (Fsp3) is 0.200. The second-order valence-corrected chi connectivity index (χ2v) is 9.53. The van der Waals surface area contributed by atoms with Crippen molar-refractivity contribution in [3.8, 4) is 22.9 Å². The Morgan fingerprint density at radius 2 is 1.97 bits per heavy atom. The summed E-state index contributed by atoms with van der Waals surface area (Å²) < 4.78 is 34.7. The van der Waals surface area contributed by atoms with Gasteiger partial charge in [-0.15, -0.1) is 11.8 Å². The number of alkyl halides is 2. The molecule has 4 rings (SSSR count). The minimum atomic E-state index is -2.78. The van der Waals surface area contributed by atoms with E-state index in [2.05, 4.69) is 16.2 Å². The van der Waals surface area contributed by atoms with E-state index in [9.17, 15) is 18.8 Å². The summed E-state index contributed by atoms with van der Waals surface area (Å²) in [5.41, 5.74) is 3.80. The molecule has 0 amide bonds. The van der Waals surface area contributed by atoms with E-state index in [0.29, 0.717) is 34.7 Å². The number of benzene rings is 2. The molecule has 0 saturated heterocycles. The molecule has 198 valence electrons. The zero-order valence-corrected chi connectivity index (χ0v) is 22.5. The van der Waals surface area contributed by atoms with E-state index in [1.807, 2.05) is 32.0 Å². The van der Waals surface area contributed by atoms with Gasteiger partial charge in [-0.1, -0.05) is 42.5 Å². The lowest BCUT2D eigenvalue weighted by Gasteiger charge is -2.13. The topological polar surface area (TPSA) is 80.8 Å². The van der Waals surface area contributed by atoms with Crippen molar-refractivity contribution in [1.82, 2.24) is 14.8 Å². The average molecular weight is 545 g/mol. The molecule has 0 atom stereocenters. The molecule has 0 fully saturated rings. The lowest BCUT2D eigenvalue weighted by atomic mass is 10.0. The molecule has 2 heterocycles. The predicted octanol–water partition coefficient (Wildman–Crippen LogP) is 7.28. The first-order valence-corrected chi connectivity index (χ1v) is 13.2. The van der Waals surface area contributed by atoms with Gasteiger partial charge in [0.2, 0.25) is 0 Å². The zero-order valence-electron chi connectivity index (χ0n) is 21.7. The fourth-order valence-corrected chi connectivity index (χ4v) is 5.13. The molecule has 9 heteroatoms. The Balaban J connectivity index is 1.62. The minimum Gasteiger partial charge on any atom is -0.496 e. The van der Waals surface area contributed by atoms with Crippen LogP contribution in [0.4, 0.5) is 8.78 Å². The number of halogens is 2. The maximum atomic E-state index is 13.7. The Labute approximate surface area is 230 Å². The highest BCUT2D eigenvalue weighted by Gasteiger charge is 2.20. The fourth-order valence-electron chi connectivity index (χ4n) is 4.14. The maximum Gasteiger partial charge on any atom is 0.280 e. The molecule has 0 aliphatic heterocycles. The summed E-state index contributed by atoms with van der Waals surface area (Å²) in [4.78, 5) is 16.8. The van der Waals surface area contributed by atoms with Crippen LogP contribution in [0.15, 0.2) is 71.9 Å². The van der Waals surface area contributed by atoms with E-state index in [4.69, 9.17) is 4.74 Å². The Kier molecular flexibility index (Phi) is 8.89. The van der Waals surface area contributed by atoms with Crippen LogP contribution in [-0.4, -0.2) is 27.7 Å². The van der Waals surface area contributed by atoms with Crippen molar-refractivity contribution < 1.29 is 18.3 Å². The maximum absolute atomic E-state index is 13.7. The molecule has 0 saturated carbocycles. The summed E-state index contributed by atoms with van der Waals surface area (Å²) in [6.45, 7) is 4.50. The Bertz CT molecular complexity index is 1560. The van der Waals surface area contributed by atoms with Crippen molar-refractivity contribution >= 4 is 23.6 Å². The number of carbonyl (C=O) groups excluding carboxylic acids is 1. The van der Waals surface area contributed by atoms with Crippen molar-refractivity contribution in [2.45, 2.75) is 37.6 Å². The van der Waals surface area contributed by atoms with Gasteiger partial charge in [-0.2, -0.15) is 10.4 Å². The van der Waals surface area contributed by atoms with Gasteiger partial charge in [-0.3, -0.25) is 9.48 Å². The average Bonchev–Trinajstić information content (AvgIpc) is 3.34. The van der Waals surface area contributed by atoms with Gasteiger partial charge in [0.15, 0.2) is 5.78 Å². The lowest BCUT2D eigenvalue weighted by Crippen LogP contribution is -2.01. The third-order valence-electron chi connectivity index (χ3n) is 6.19. The normalized spacial score (nSPS) is 11.2.